The number of nitrogens with one attached hydrogen (secondary N) is 1. The summed E-state index contributed by atoms with van der Waals surface area (Å²) in [7, 11) is 0. The molecule has 0 atom stereocenters. The molecule has 0 radical (unpaired) electrons. The largest absolute Gasteiger partial charge is 0.465 e. The SMILES string of the molecule is CCOC(=O)C(CCC1(CCN2CCC(NC(=O)c3occc3-c3ccc(C)cc3)CC2)CCCCC1)(C(=O)OCC)C(=O)OCC. The van der Waals surface area contributed by atoms with Crippen molar-refractivity contribution in [2.75, 3.05) is 39.5 Å². The number of furan rings is 1. The van der Waals surface area contributed by atoms with Crippen LogP contribution in [-0.2, 0) is 28.6 Å². The topological polar surface area (TPSA) is 124 Å². The van der Waals surface area contributed by atoms with Gasteiger partial charge in [-0.3, -0.25) is 19.2 Å². The van der Waals surface area contributed by atoms with Crippen LogP contribution in [0.3, 0.4) is 0 Å². The lowest BCUT2D eigenvalue weighted by Gasteiger charge is -2.41. The number of hydrogen-bond acceptors (Lipinski definition) is 9. The number of carbonyl (C=O) groups excluding carboxylic acids is 4. The zero-order chi connectivity index (χ0) is 33.9. The van der Waals surface area contributed by atoms with Crippen LogP contribution in [0.25, 0.3) is 11.1 Å². The van der Waals surface area contributed by atoms with Crippen LogP contribution in [-0.4, -0.2) is 74.2 Å². The van der Waals surface area contributed by atoms with E-state index in [1.807, 2.05) is 37.3 Å². The van der Waals surface area contributed by atoms with E-state index in [0.29, 0.717) is 12.2 Å². The van der Waals surface area contributed by atoms with E-state index in [9.17, 15) is 19.2 Å². The summed E-state index contributed by atoms with van der Waals surface area (Å²) in [6, 6.07) is 9.93. The van der Waals surface area contributed by atoms with E-state index in [4.69, 9.17) is 18.6 Å². The van der Waals surface area contributed by atoms with Gasteiger partial charge in [0.25, 0.3) is 11.3 Å². The van der Waals surface area contributed by atoms with E-state index >= 15 is 0 Å². The molecule has 0 spiro atoms. The van der Waals surface area contributed by atoms with Crippen LogP contribution >= 0.6 is 0 Å². The Morgan fingerprint density at radius 1 is 0.851 bits per heavy atom. The molecule has 1 aromatic heterocycles. The van der Waals surface area contributed by atoms with Crippen LogP contribution < -0.4 is 5.32 Å². The first kappa shape index (κ1) is 36.2. The number of rotatable bonds is 15. The number of benzene rings is 1. The van der Waals surface area contributed by atoms with Crippen molar-refractivity contribution >= 4 is 23.8 Å². The summed E-state index contributed by atoms with van der Waals surface area (Å²) in [6.07, 6.45) is 9.84. The second-order valence-corrected chi connectivity index (χ2v) is 13.0. The van der Waals surface area contributed by atoms with Gasteiger partial charge in [0.2, 0.25) is 0 Å². The second-order valence-electron chi connectivity index (χ2n) is 13.0. The molecule has 4 rings (SSSR count). The molecule has 258 valence electrons. The van der Waals surface area contributed by atoms with Crippen molar-refractivity contribution in [3.63, 3.8) is 0 Å². The van der Waals surface area contributed by atoms with E-state index in [-0.39, 0.29) is 43.6 Å². The Bertz CT molecular complexity index is 1290. The van der Waals surface area contributed by atoms with E-state index in [1.54, 1.807) is 27.0 Å². The highest BCUT2D eigenvalue weighted by Crippen LogP contribution is 2.46. The van der Waals surface area contributed by atoms with Crippen LogP contribution in [0.4, 0.5) is 0 Å². The number of esters is 3. The molecule has 1 saturated carbocycles. The lowest BCUT2D eigenvalue weighted by atomic mass is 9.66. The molecular formula is C37H52N2O8. The van der Waals surface area contributed by atoms with Gasteiger partial charge >= 0.3 is 17.9 Å². The van der Waals surface area contributed by atoms with Gasteiger partial charge in [-0.2, -0.15) is 0 Å². The molecule has 1 amide bonds. The summed E-state index contributed by atoms with van der Waals surface area (Å²) in [4.78, 5) is 55.5. The number of hydrogen-bond donors (Lipinski definition) is 1. The van der Waals surface area contributed by atoms with Gasteiger partial charge in [-0.15, -0.1) is 0 Å². The molecule has 1 saturated heterocycles. The fourth-order valence-corrected chi connectivity index (χ4v) is 7.09. The number of nitrogens with zero attached hydrogens (tertiary/aromatic N) is 1. The lowest BCUT2D eigenvalue weighted by molar-refractivity contribution is -0.185. The summed E-state index contributed by atoms with van der Waals surface area (Å²) in [6.45, 7) is 9.65. The van der Waals surface area contributed by atoms with Crippen LogP contribution in [0, 0.1) is 17.8 Å². The maximum Gasteiger partial charge on any atom is 0.335 e. The molecule has 1 aromatic carbocycles. The number of likely N-dealkylation sites (tertiary alicyclic amines) is 1. The molecule has 2 fully saturated rings. The highest BCUT2D eigenvalue weighted by molar-refractivity contribution is 6.17. The highest BCUT2D eigenvalue weighted by Gasteiger charge is 2.58. The molecular weight excluding hydrogens is 600 g/mol. The van der Waals surface area contributed by atoms with Gasteiger partial charge < -0.3 is 28.8 Å². The van der Waals surface area contributed by atoms with Crippen molar-refractivity contribution in [1.82, 2.24) is 10.2 Å². The highest BCUT2D eigenvalue weighted by atomic mass is 16.6. The smallest absolute Gasteiger partial charge is 0.335 e. The zero-order valence-electron chi connectivity index (χ0n) is 28.6. The van der Waals surface area contributed by atoms with Crippen molar-refractivity contribution in [2.24, 2.45) is 10.8 Å². The molecule has 2 aromatic rings. The normalized spacial score (nSPS) is 17.1. The van der Waals surface area contributed by atoms with E-state index in [2.05, 4.69) is 10.2 Å². The van der Waals surface area contributed by atoms with Crippen molar-refractivity contribution in [3.05, 3.63) is 47.9 Å². The van der Waals surface area contributed by atoms with Gasteiger partial charge in [0, 0.05) is 24.7 Å². The molecule has 0 bridgehead atoms. The first-order valence-electron chi connectivity index (χ1n) is 17.4. The first-order valence-corrected chi connectivity index (χ1v) is 17.4. The Hall–Kier alpha value is -3.66. The minimum Gasteiger partial charge on any atom is -0.465 e. The van der Waals surface area contributed by atoms with E-state index < -0.39 is 23.3 Å². The maximum atomic E-state index is 13.3. The summed E-state index contributed by atoms with van der Waals surface area (Å²) >= 11 is 0. The first-order chi connectivity index (χ1) is 22.7. The van der Waals surface area contributed by atoms with Gasteiger partial charge in [-0.05, 0) is 96.2 Å². The molecule has 1 aliphatic carbocycles. The number of amides is 1. The molecule has 1 N–H and O–H groups in total. The molecule has 10 heteroatoms. The number of ether oxygens (including phenoxy) is 3. The van der Waals surface area contributed by atoms with Crippen LogP contribution in [0.2, 0.25) is 0 Å². The van der Waals surface area contributed by atoms with Crippen LogP contribution in [0.5, 0.6) is 0 Å². The summed E-state index contributed by atoms with van der Waals surface area (Å²) in [5.74, 6) is -2.55. The molecule has 47 heavy (non-hydrogen) atoms. The predicted octanol–water partition coefficient (Wildman–Crippen LogP) is 6.25. The third-order valence-corrected chi connectivity index (χ3v) is 9.93. The molecule has 0 unspecified atom stereocenters. The number of carbonyl (C=O) groups is 4. The van der Waals surface area contributed by atoms with Crippen LogP contribution in [0.1, 0.15) is 101 Å². The Morgan fingerprint density at radius 3 is 1.98 bits per heavy atom. The minimum absolute atomic E-state index is 0.00500. The fourth-order valence-electron chi connectivity index (χ4n) is 7.09. The Labute approximate surface area is 278 Å². The summed E-state index contributed by atoms with van der Waals surface area (Å²) in [5, 5.41) is 3.19. The monoisotopic (exact) mass is 652 g/mol. The summed E-state index contributed by atoms with van der Waals surface area (Å²) < 4.78 is 21.5. The third kappa shape index (κ3) is 8.83. The molecule has 2 aliphatic rings. The van der Waals surface area contributed by atoms with Gasteiger partial charge in [0.1, 0.15) is 0 Å². The van der Waals surface area contributed by atoms with Crippen molar-refractivity contribution in [1.29, 1.82) is 0 Å². The van der Waals surface area contributed by atoms with Gasteiger partial charge in [-0.25, -0.2) is 0 Å². The number of aryl methyl sites for hydroxylation is 1. The fraction of sp³-hybridized carbons (Fsp3) is 0.622. The van der Waals surface area contributed by atoms with E-state index in [1.165, 1.54) is 0 Å². The van der Waals surface area contributed by atoms with Gasteiger partial charge in [0.15, 0.2) is 5.76 Å². The van der Waals surface area contributed by atoms with Gasteiger partial charge in [0.05, 0.1) is 26.1 Å². The minimum atomic E-state index is -2.13. The number of piperidine rings is 1. The molecule has 2 heterocycles. The standard InChI is InChI=1S/C37H52N2O8/c1-5-44-33(41)37(34(42)45-6-2,35(43)46-7-3)21-20-36(18-9-8-10-19-36)22-25-39-23-15-29(16-24-39)38-32(40)31-30(17-26-47-31)28-13-11-27(4)12-14-28/h11-14,17,26,29H,5-10,15-16,18-25H2,1-4H3,(H,38,40). The average Bonchev–Trinajstić information content (AvgIpc) is 3.56. The molecule has 1 aliphatic heterocycles. The summed E-state index contributed by atoms with van der Waals surface area (Å²) in [5.41, 5.74) is 0.644. The van der Waals surface area contributed by atoms with Crippen molar-refractivity contribution in [3.8, 4) is 11.1 Å². The Kier molecular flexibility index (Phi) is 13.0. The zero-order valence-corrected chi connectivity index (χ0v) is 28.6. The predicted molar refractivity (Wildman–Crippen MR) is 178 cm³/mol. The second kappa shape index (κ2) is 16.9. The van der Waals surface area contributed by atoms with Gasteiger partial charge in [-0.1, -0.05) is 49.1 Å². The van der Waals surface area contributed by atoms with Crippen molar-refractivity contribution < 1.29 is 37.8 Å². The quantitative estimate of drug-likeness (QED) is 0.135. The van der Waals surface area contributed by atoms with E-state index in [0.717, 1.165) is 87.7 Å². The lowest BCUT2D eigenvalue weighted by Crippen LogP contribution is -2.50. The van der Waals surface area contributed by atoms with Crippen LogP contribution in [0.15, 0.2) is 41.0 Å². The average molecular weight is 653 g/mol. The third-order valence-electron chi connectivity index (χ3n) is 9.93. The Balaban J connectivity index is 1.37. The van der Waals surface area contributed by atoms with Crippen molar-refractivity contribution in [2.45, 2.75) is 97.9 Å². The molecule has 10 nitrogen and oxygen atoms in total. The Morgan fingerprint density at radius 2 is 1.43 bits per heavy atom. The maximum absolute atomic E-state index is 13.3.